The highest BCUT2D eigenvalue weighted by atomic mass is 16.5. The van der Waals surface area contributed by atoms with Crippen LogP contribution in [-0.2, 0) is 13.1 Å². The first kappa shape index (κ1) is 35.7. The number of fused-ring (bicyclic) bond motifs is 2. The van der Waals surface area contributed by atoms with Crippen LogP contribution in [0.25, 0.3) is 5.57 Å². The number of amides is 1. The summed E-state index contributed by atoms with van der Waals surface area (Å²) >= 11 is 0. The molecular formula is C40H51N3O6. The molecule has 1 amide bonds. The van der Waals surface area contributed by atoms with E-state index in [0.29, 0.717) is 37.7 Å². The van der Waals surface area contributed by atoms with Crippen LogP contribution in [0.3, 0.4) is 0 Å². The number of hydrogen-bond donors (Lipinski definition) is 2. The van der Waals surface area contributed by atoms with Gasteiger partial charge in [-0.15, -0.1) is 0 Å². The van der Waals surface area contributed by atoms with Crippen LogP contribution < -0.4 is 24.3 Å². The molecule has 9 nitrogen and oxygen atoms in total. The Bertz CT molecular complexity index is 1580. The van der Waals surface area contributed by atoms with Crippen molar-refractivity contribution < 1.29 is 28.8 Å². The molecule has 5 rings (SSSR count). The average Bonchev–Trinajstić information content (AvgIpc) is 3.06. The first-order valence-corrected chi connectivity index (χ1v) is 17.0. The zero-order valence-electron chi connectivity index (χ0n) is 29.9. The Morgan fingerprint density at radius 2 is 1.57 bits per heavy atom. The molecule has 0 aliphatic carbocycles. The molecule has 0 saturated heterocycles. The number of nitrogens with one attached hydrogen (secondary N) is 1. The molecule has 3 aromatic rings. The van der Waals surface area contributed by atoms with Crippen LogP contribution in [-0.4, -0.2) is 60.7 Å². The van der Waals surface area contributed by atoms with Crippen molar-refractivity contribution in [3.63, 3.8) is 0 Å². The summed E-state index contributed by atoms with van der Waals surface area (Å²) in [6, 6.07) is 22.0. The fraction of sp³-hybridized carbons (Fsp3) is 0.425. The van der Waals surface area contributed by atoms with Crippen LogP contribution in [0.2, 0.25) is 0 Å². The van der Waals surface area contributed by atoms with Crippen molar-refractivity contribution in [1.29, 1.82) is 0 Å². The molecule has 2 aliphatic heterocycles. The summed E-state index contributed by atoms with van der Waals surface area (Å²) in [6.07, 6.45) is 4.82. The van der Waals surface area contributed by atoms with Gasteiger partial charge in [-0.05, 0) is 95.8 Å². The van der Waals surface area contributed by atoms with E-state index in [4.69, 9.17) is 18.9 Å². The molecule has 262 valence electrons. The molecule has 2 heterocycles. The van der Waals surface area contributed by atoms with Crippen molar-refractivity contribution >= 4 is 11.7 Å². The number of hydrazine groups is 1. The Balaban J connectivity index is 1.33. The van der Waals surface area contributed by atoms with Gasteiger partial charge in [-0.1, -0.05) is 52.0 Å². The number of rotatable bonds is 14. The standard InChI is InChI=1S/C40H51N3O6/c1-27(22-40(3,4)5)20-31(41-39(44)45)26-48-34-16-17-36-37-25-42(19-18-35(37)28(2)49-38(36)21-34)43(23-29-8-12-32(46-6)13-9-29)24-30-10-14-33(47-7)15-11-30/h8-19,21,27-28,31,41H,20,22-26H2,1-7H3,(H,44,45)/t27?,28?,31-/m0/s1. The van der Waals surface area contributed by atoms with Gasteiger partial charge in [-0.2, -0.15) is 0 Å². The van der Waals surface area contributed by atoms with Crippen molar-refractivity contribution in [1.82, 2.24) is 15.3 Å². The molecule has 2 unspecified atom stereocenters. The maximum absolute atomic E-state index is 11.6. The minimum atomic E-state index is -1.04. The van der Waals surface area contributed by atoms with Gasteiger partial charge in [0.15, 0.2) is 0 Å². The van der Waals surface area contributed by atoms with Gasteiger partial charge in [0.25, 0.3) is 0 Å². The Morgan fingerprint density at radius 3 is 2.12 bits per heavy atom. The summed E-state index contributed by atoms with van der Waals surface area (Å²) in [5.74, 6) is 3.42. The Morgan fingerprint density at radius 1 is 0.980 bits per heavy atom. The molecule has 3 aromatic carbocycles. The SMILES string of the molecule is COc1ccc(CN(Cc2ccc(OC)cc2)N2C=CC3=C(C2)c2ccc(OC[C@H](CC(C)CC(C)(C)C)NC(=O)O)cc2OC3C)cc1. The van der Waals surface area contributed by atoms with Gasteiger partial charge >= 0.3 is 6.09 Å². The highest BCUT2D eigenvalue weighted by Crippen LogP contribution is 2.41. The van der Waals surface area contributed by atoms with E-state index in [-0.39, 0.29) is 24.2 Å². The number of nitrogens with zero attached hydrogens (tertiary/aromatic N) is 2. The summed E-state index contributed by atoms with van der Waals surface area (Å²) in [5.41, 5.74) is 5.91. The van der Waals surface area contributed by atoms with Crippen molar-refractivity contribution in [3.8, 4) is 23.0 Å². The van der Waals surface area contributed by atoms with Gasteiger partial charge in [0.2, 0.25) is 0 Å². The molecule has 3 atom stereocenters. The Hall–Kier alpha value is -4.63. The number of ether oxygens (including phenoxy) is 4. The van der Waals surface area contributed by atoms with Crippen molar-refractivity contribution in [3.05, 3.63) is 101 Å². The number of benzene rings is 3. The van der Waals surface area contributed by atoms with E-state index in [1.165, 1.54) is 16.7 Å². The lowest BCUT2D eigenvalue weighted by atomic mass is 9.83. The quantitative estimate of drug-likeness (QED) is 0.178. The summed E-state index contributed by atoms with van der Waals surface area (Å²) in [5, 5.41) is 16.8. The third-order valence-electron chi connectivity index (χ3n) is 8.95. The minimum Gasteiger partial charge on any atom is -0.497 e. The normalized spacial score (nSPS) is 16.7. The third kappa shape index (κ3) is 9.72. The highest BCUT2D eigenvalue weighted by molar-refractivity contribution is 5.80. The van der Waals surface area contributed by atoms with Gasteiger partial charge in [0.1, 0.15) is 35.7 Å². The van der Waals surface area contributed by atoms with E-state index in [2.05, 4.69) is 92.6 Å². The average molecular weight is 670 g/mol. The second-order valence-electron chi connectivity index (χ2n) is 14.3. The molecule has 0 spiro atoms. The van der Waals surface area contributed by atoms with Gasteiger partial charge in [0.05, 0.1) is 26.8 Å². The molecular weight excluding hydrogens is 618 g/mol. The molecule has 0 bridgehead atoms. The largest absolute Gasteiger partial charge is 0.497 e. The molecule has 2 aliphatic rings. The number of carbonyl (C=O) groups is 1. The first-order chi connectivity index (χ1) is 23.4. The van der Waals surface area contributed by atoms with E-state index in [1.807, 2.05) is 36.4 Å². The van der Waals surface area contributed by atoms with E-state index >= 15 is 0 Å². The van der Waals surface area contributed by atoms with Crippen LogP contribution in [0.15, 0.2) is 84.6 Å². The van der Waals surface area contributed by atoms with Crippen molar-refractivity contribution in [2.24, 2.45) is 11.3 Å². The van der Waals surface area contributed by atoms with Crippen LogP contribution >= 0.6 is 0 Å². The van der Waals surface area contributed by atoms with E-state index < -0.39 is 6.09 Å². The van der Waals surface area contributed by atoms with Gasteiger partial charge in [0, 0.05) is 30.9 Å². The maximum Gasteiger partial charge on any atom is 0.404 e. The summed E-state index contributed by atoms with van der Waals surface area (Å²) in [6.45, 7) is 13.2. The summed E-state index contributed by atoms with van der Waals surface area (Å²) in [4.78, 5) is 11.6. The fourth-order valence-electron chi connectivity index (χ4n) is 6.86. The monoisotopic (exact) mass is 669 g/mol. The zero-order chi connectivity index (χ0) is 35.1. The second-order valence-corrected chi connectivity index (χ2v) is 14.3. The summed E-state index contributed by atoms with van der Waals surface area (Å²) < 4.78 is 23.4. The number of hydrogen-bond acceptors (Lipinski definition) is 7. The predicted molar refractivity (Wildman–Crippen MR) is 193 cm³/mol. The Labute approximate surface area is 291 Å². The number of carboxylic acid groups (broad SMARTS) is 1. The lowest BCUT2D eigenvalue weighted by Gasteiger charge is -2.40. The van der Waals surface area contributed by atoms with Crippen molar-refractivity contribution in [2.75, 3.05) is 27.4 Å². The smallest absolute Gasteiger partial charge is 0.404 e. The molecule has 9 heteroatoms. The fourth-order valence-corrected chi connectivity index (χ4v) is 6.86. The van der Waals surface area contributed by atoms with Gasteiger partial charge in [-0.3, -0.25) is 0 Å². The predicted octanol–water partition coefficient (Wildman–Crippen LogP) is 8.16. The molecule has 2 N–H and O–H groups in total. The van der Waals surface area contributed by atoms with Crippen molar-refractivity contribution in [2.45, 2.75) is 72.7 Å². The topological polar surface area (TPSA) is 92.7 Å². The third-order valence-corrected chi connectivity index (χ3v) is 8.95. The van der Waals surface area contributed by atoms with Crippen LogP contribution in [0.4, 0.5) is 4.79 Å². The molecule has 49 heavy (non-hydrogen) atoms. The molecule has 0 saturated carbocycles. The maximum atomic E-state index is 11.6. The van der Waals surface area contributed by atoms with Gasteiger partial charge < -0.3 is 34.4 Å². The second kappa shape index (κ2) is 15.7. The number of methoxy groups -OCH3 is 2. The summed E-state index contributed by atoms with van der Waals surface area (Å²) in [7, 11) is 3.36. The van der Waals surface area contributed by atoms with Crippen LogP contribution in [0.1, 0.15) is 64.2 Å². The zero-order valence-corrected chi connectivity index (χ0v) is 29.9. The van der Waals surface area contributed by atoms with E-state index in [0.717, 1.165) is 34.8 Å². The highest BCUT2D eigenvalue weighted by Gasteiger charge is 2.30. The van der Waals surface area contributed by atoms with Crippen LogP contribution in [0, 0.1) is 11.3 Å². The molecule has 0 aromatic heterocycles. The molecule has 0 fully saturated rings. The van der Waals surface area contributed by atoms with E-state index in [1.54, 1.807) is 14.2 Å². The Kier molecular flexibility index (Phi) is 11.4. The van der Waals surface area contributed by atoms with Gasteiger partial charge in [-0.25, -0.2) is 9.80 Å². The van der Waals surface area contributed by atoms with Crippen LogP contribution in [0.5, 0.6) is 23.0 Å². The van der Waals surface area contributed by atoms with E-state index in [9.17, 15) is 9.90 Å². The minimum absolute atomic E-state index is 0.132. The first-order valence-electron chi connectivity index (χ1n) is 17.0. The molecule has 0 radical (unpaired) electrons. The lowest BCUT2D eigenvalue weighted by Crippen LogP contribution is -2.41. The lowest BCUT2D eigenvalue weighted by molar-refractivity contribution is 0.0142.